The van der Waals surface area contributed by atoms with E-state index in [4.69, 9.17) is 18.9 Å². The lowest BCUT2D eigenvalue weighted by molar-refractivity contribution is 0.0707. The Labute approximate surface area is 317 Å². The van der Waals surface area contributed by atoms with Crippen LogP contribution in [0.4, 0.5) is 0 Å². The van der Waals surface area contributed by atoms with E-state index in [1.807, 2.05) is 111 Å². The SMILES string of the molecule is CCN(CC)CC(O)COc1ccccc1Oc1ccccc1C.CCN(CC)CC(O)COc1ccccc1Oc1ccccc1C.Cl.Cl.O. The standard InChI is InChI=1S/2C20H27NO3.2ClH.H2O/c2*1-4-21(5-2)14-17(22)15-23-19-12-8-9-13-20(19)24-18-11-7-6-10-16(18)3;;;/h2*6-13,17,22H,4-5,14-15H2,1-3H3;2*1H;1H2. The monoisotopic (exact) mass is 748 g/mol. The topological polar surface area (TPSA) is 115 Å². The van der Waals surface area contributed by atoms with Crippen molar-refractivity contribution in [2.75, 3.05) is 52.5 Å². The van der Waals surface area contributed by atoms with Crippen molar-refractivity contribution in [1.29, 1.82) is 0 Å². The van der Waals surface area contributed by atoms with Crippen LogP contribution in [-0.4, -0.2) is 90.2 Å². The van der Waals surface area contributed by atoms with Gasteiger partial charge in [-0.05, 0) is 87.6 Å². The molecular weight excluding hydrogens is 691 g/mol. The molecule has 11 heteroatoms. The Hall–Kier alpha value is -3.54. The minimum Gasteiger partial charge on any atom is -0.487 e. The zero-order chi connectivity index (χ0) is 34.7. The summed E-state index contributed by atoms with van der Waals surface area (Å²) in [6.07, 6.45) is -1.06. The third-order valence-electron chi connectivity index (χ3n) is 7.91. The first kappa shape index (κ1) is 47.5. The fourth-order valence-electron chi connectivity index (χ4n) is 4.92. The minimum atomic E-state index is -0.531. The molecule has 4 rings (SSSR count). The molecule has 51 heavy (non-hydrogen) atoms. The predicted octanol–water partition coefficient (Wildman–Crippen LogP) is 7.76. The Kier molecular flexibility index (Phi) is 24.4. The molecule has 0 aliphatic heterocycles. The molecule has 0 aliphatic rings. The summed E-state index contributed by atoms with van der Waals surface area (Å²) in [6, 6.07) is 30.8. The molecule has 0 radical (unpaired) electrons. The molecule has 9 nitrogen and oxygen atoms in total. The van der Waals surface area contributed by atoms with Gasteiger partial charge in [0.25, 0.3) is 0 Å². The van der Waals surface area contributed by atoms with Crippen molar-refractivity contribution in [3.8, 4) is 34.5 Å². The van der Waals surface area contributed by atoms with Crippen LogP contribution in [0.5, 0.6) is 34.5 Å². The molecule has 0 heterocycles. The highest BCUT2D eigenvalue weighted by Gasteiger charge is 2.14. The van der Waals surface area contributed by atoms with Gasteiger partial charge in [-0.1, -0.05) is 88.4 Å². The predicted molar refractivity (Wildman–Crippen MR) is 212 cm³/mol. The van der Waals surface area contributed by atoms with Crippen LogP contribution in [0, 0.1) is 13.8 Å². The number of nitrogens with zero attached hydrogens (tertiary/aromatic N) is 2. The molecule has 0 aliphatic carbocycles. The number of ether oxygens (including phenoxy) is 4. The molecule has 4 aromatic rings. The van der Waals surface area contributed by atoms with Gasteiger partial charge in [-0.3, -0.25) is 0 Å². The Balaban J connectivity index is 0.000000926. The maximum absolute atomic E-state index is 10.2. The number of hydrogen-bond donors (Lipinski definition) is 2. The van der Waals surface area contributed by atoms with Gasteiger partial charge in [-0.15, -0.1) is 24.8 Å². The van der Waals surface area contributed by atoms with Crippen molar-refractivity contribution in [3.63, 3.8) is 0 Å². The smallest absolute Gasteiger partial charge is 0.169 e. The van der Waals surface area contributed by atoms with E-state index in [1.54, 1.807) is 0 Å². The van der Waals surface area contributed by atoms with Gasteiger partial charge in [0.1, 0.15) is 36.9 Å². The van der Waals surface area contributed by atoms with Crippen molar-refractivity contribution in [3.05, 3.63) is 108 Å². The lowest BCUT2D eigenvalue weighted by Crippen LogP contribution is -2.35. The molecule has 4 N–H and O–H groups in total. The Bertz CT molecular complexity index is 1380. The Morgan fingerprint density at radius 2 is 0.745 bits per heavy atom. The first-order valence-corrected chi connectivity index (χ1v) is 17.0. The van der Waals surface area contributed by atoms with Crippen LogP contribution in [0.1, 0.15) is 38.8 Å². The van der Waals surface area contributed by atoms with Gasteiger partial charge >= 0.3 is 0 Å². The second-order valence-corrected chi connectivity index (χ2v) is 11.5. The normalized spacial score (nSPS) is 11.5. The number of aryl methyl sites for hydroxylation is 2. The highest BCUT2D eigenvalue weighted by atomic mass is 35.5. The van der Waals surface area contributed by atoms with Crippen molar-refractivity contribution in [2.45, 2.75) is 53.8 Å². The summed E-state index contributed by atoms with van der Waals surface area (Å²) in [4.78, 5) is 4.34. The highest BCUT2D eigenvalue weighted by Crippen LogP contribution is 2.34. The summed E-state index contributed by atoms with van der Waals surface area (Å²) < 4.78 is 23.6. The average molecular weight is 750 g/mol. The maximum atomic E-state index is 10.2. The highest BCUT2D eigenvalue weighted by molar-refractivity contribution is 5.85. The molecule has 0 aromatic heterocycles. The number of para-hydroxylation sites is 6. The van der Waals surface area contributed by atoms with E-state index in [9.17, 15) is 10.2 Å². The summed E-state index contributed by atoms with van der Waals surface area (Å²) in [5.74, 6) is 4.19. The number of aliphatic hydroxyl groups is 2. The fourth-order valence-corrected chi connectivity index (χ4v) is 4.92. The van der Waals surface area contributed by atoms with E-state index < -0.39 is 12.2 Å². The summed E-state index contributed by atoms with van der Waals surface area (Å²) in [7, 11) is 0. The molecular formula is C40H58Cl2N2O7. The summed E-state index contributed by atoms with van der Waals surface area (Å²) in [5, 5.41) is 20.3. The van der Waals surface area contributed by atoms with Gasteiger partial charge < -0.3 is 44.4 Å². The molecule has 0 saturated carbocycles. The second-order valence-electron chi connectivity index (χ2n) is 11.5. The lowest BCUT2D eigenvalue weighted by Gasteiger charge is -2.22. The first-order chi connectivity index (χ1) is 23.3. The van der Waals surface area contributed by atoms with E-state index in [2.05, 4.69) is 37.5 Å². The number of benzene rings is 4. The molecule has 0 amide bonds. The third kappa shape index (κ3) is 16.6. The third-order valence-corrected chi connectivity index (χ3v) is 7.91. The largest absolute Gasteiger partial charge is 0.487 e. The number of hydrogen-bond acceptors (Lipinski definition) is 8. The lowest BCUT2D eigenvalue weighted by atomic mass is 10.2. The summed E-state index contributed by atoms with van der Waals surface area (Å²) >= 11 is 0. The van der Waals surface area contributed by atoms with Crippen LogP contribution in [0.15, 0.2) is 97.1 Å². The summed E-state index contributed by atoms with van der Waals surface area (Å²) in [6.45, 7) is 17.7. The van der Waals surface area contributed by atoms with Gasteiger partial charge in [-0.2, -0.15) is 0 Å². The molecule has 4 aromatic carbocycles. The van der Waals surface area contributed by atoms with E-state index in [1.165, 1.54) is 0 Å². The fraction of sp³-hybridized carbons (Fsp3) is 0.400. The molecule has 0 saturated heterocycles. The number of aliphatic hydroxyl groups excluding tert-OH is 2. The van der Waals surface area contributed by atoms with Gasteiger partial charge in [0.05, 0.1) is 0 Å². The van der Waals surface area contributed by atoms with E-state index in [0.29, 0.717) is 36.1 Å². The van der Waals surface area contributed by atoms with Gasteiger partial charge in [0.2, 0.25) is 0 Å². The number of rotatable bonds is 18. The number of halogens is 2. The molecule has 0 fully saturated rings. The molecule has 2 unspecified atom stereocenters. The van der Waals surface area contributed by atoms with Crippen LogP contribution >= 0.6 is 24.8 Å². The second kappa shape index (κ2) is 26.3. The van der Waals surface area contributed by atoms with Crippen LogP contribution < -0.4 is 18.9 Å². The van der Waals surface area contributed by atoms with Crippen LogP contribution in [-0.2, 0) is 0 Å². The van der Waals surface area contributed by atoms with Gasteiger partial charge in [0.15, 0.2) is 23.0 Å². The van der Waals surface area contributed by atoms with Gasteiger partial charge in [-0.25, -0.2) is 0 Å². The average Bonchev–Trinajstić information content (AvgIpc) is 3.11. The Morgan fingerprint density at radius 1 is 0.471 bits per heavy atom. The van der Waals surface area contributed by atoms with Crippen LogP contribution in [0.3, 0.4) is 0 Å². The van der Waals surface area contributed by atoms with Crippen molar-refractivity contribution < 1.29 is 34.6 Å². The number of likely N-dealkylation sites (N-methyl/N-ethyl adjacent to an activating group) is 2. The maximum Gasteiger partial charge on any atom is 0.169 e. The molecule has 284 valence electrons. The zero-order valence-electron chi connectivity index (χ0n) is 30.8. The van der Waals surface area contributed by atoms with Crippen LogP contribution in [0.2, 0.25) is 0 Å². The van der Waals surface area contributed by atoms with E-state index in [0.717, 1.165) is 48.8 Å². The Morgan fingerprint density at radius 3 is 1.04 bits per heavy atom. The van der Waals surface area contributed by atoms with Crippen LogP contribution in [0.25, 0.3) is 0 Å². The zero-order valence-corrected chi connectivity index (χ0v) is 32.4. The quantitative estimate of drug-likeness (QED) is 0.106. The van der Waals surface area contributed by atoms with Crippen molar-refractivity contribution >= 4 is 24.8 Å². The minimum absolute atomic E-state index is 0. The molecule has 2 atom stereocenters. The van der Waals surface area contributed by atoms with Crippen molar-refractivity contribution in [2.24, 2.45) is 0 Å². The van der Waals surface area contributed by atoms with Crippen molar-refractivity contribution in [1.82, 2.24) is 9.80 Å². The molecule has 0 bridgehead atoms. The van der Waals surface area contributed by atoms with Gasteiger partial charge in [0, 0.05) is 13.1 Å². The first-order valence-electron chi connectivity index (χ1n) is 17.0. The van der Waals surface area contributed by atoms with E-state index in [-0.39, 0.29) is 43.5 Å². The van der Waals surface area contributed by atoms with E-state index >= 15 is 0 Å². The summed E-state index contributed by atoms with van der Waals surface area (Å²) in [5.41, 5.74) is 2.13. The molecule has 0 spiro atoms.